The van der Waals surface area contributed by atoms with Crippen molar-refractivity contribution in [2.24, 2.45) is 0 Å². The maximum atomic E-state index is 12.8. The van der Waals surface area contributed by atoms with Crippen LogP contribution in [0.25, 0.3) is 22.3 Å². The summed E-state index contributed by atoms with van der Waals surface area (Å²) in [6, 6.07) is 20.7. The molecule has 0 unspecified atom stereocenters. The Balaban J connectivity index is 1.53. The van der Waals surface area contributed by atoms with Gasteiger partial charge in [0.05, 0.1) is 4.90 Å². The predicted molar refractivity (Wildman–Crippen MR) is 113 cm³/mol. The van der Waals surface area contributed by atoms with E-state index in [4.69, 9.17) is 0 Å². The molecule has 0 saturated heterocycles. The molecule has 6 heteroatoms. The SMILES string of the molecule is O=S(=O)(NCc1cncc(-c2ccsc2)c1)c1cccc(-c2ccccc2)c1. The van der Waals surface area contributed by atoms with Crippen molar-refractivity contribution >= 4 is 21.4 Å². The Morgan fingerprint density at radius 2 is 1.64 bits per heavy atom. The van der Waals surface area contributed by atoms with Crippen molar-refractivity contribution < 1.29 is 8.42 Å². The summed E-state index contributed by atoms with van der Waals surface area (Å²) in [4.78, 5) is 4.48. The third-order valence-electron chi connectivity index (χ3n) is 4.37. The van der Waals surface area contributed by atoms with E-state index < -0.39 is 10.0 Å². The van der Waals surface area contributed by atoms with Gasteiger partial charge in [-0.1, -0.05) is 42.5 Å². The van der Waals surface area contributed by atoms with Crippen LogP contribution in [0.2, 0.25) is 0 Å². The lowest BCUT2D eigenvalue weighted by molar-refractivity contribution is 0.581. The third kappa shape index (κ3) is 4.20. The monoisotopic (exact) mass is 406 g/mol. The number of benzene rings is 2. The number of thiophene rings is 1. The van der Waals surface area contributed by atoms with E-state index in [1.807, 2.05) is 59.3 Å². The van der Waals surface area contributed by atoms with Crippen LogP contribution in [0.5, 0.6) is 0 Å². The summed E-state index contributed by atoms with van der Waals surface area (Å²) in [6.07, 6.45) is 3.46. The molecule has 0 amide bonds. The molecular weight excluding hydrogens is 388 g/mol. The fourth-order valence-corrected chi connectivity index (χ4v) is 4.63. The van der Waals surface area contributed by atoms with Crippen molar-refractivity contribution in [1.82, 2.24) is 9.71 Å². The van der Waals surface area contributed by atoms with Gasteiger partial charge in [0.25, 0.3) is 0 Å². The highest BCUT2D eigenvalue weighted by Gasteiger charge is 2.15. The average Bonchev–Trinajstić information content (AvgIpc) is 3.28. The molecular formula is C22H18N2O2S2. The number of hydrogen-bond acceptors (Lipinski definition) is 4. The van der Waals surface area contributed by atoms with Gasteiger partial charge in [0, 0.05) is 24.5 Å². The van der Waals surface area contributed by atoms with Crippen LogP contribution in [0.3, 0.4) is 0 Å². The van der Waals surface area contributed by atoms with Crippen molar-refractivity contribution in [1.29, 1.82) is 0 Å². The molecule has 0 spiro atoms. The zero-order valence-electron chi connectivity index (χ0n) is 14.9. The van der Waals surface area contributed by atoms with Crippen molar-refractivity contribution in [2.75, 3.05) is 0 Å². The first-order valence-electron chi connectivity index (χ1n) is 8.73. The summed E-state index contributed by atoms with van der Waals surface area (Å²) >= 11 is 1.62. The van der Waals surface area contributed by atoms with Crippen LogP contribution < -0.4 is 4.72 Å². The summed E-state index contributed by atoms with van der Waals surface area (Å²) in [7, 11) is -3.63. The lowest BCUT2D eigenvalue weighted by atomic mass is 10.1. The molecule has 2 aromatic heterocycles. The molecule has 0 aliphatic heterocycles. The average molecular weight is 407 g/mol. The van der Waals surface area contributed by atoms with E-state index in [0.29, 0.717) is 0 Å². The van der Waals surface area contributed by atoms with Crippen LogP contribution in [-0.4, -0.2) is 13.4 Å². The highest BCUT2D eigenvalue weighted by Crippen LogP contribution is 2.23. The lowest BCUT2D eigenvalue weighted by Gasteiger charge is -2.09. The van der Waals surface area contributed by atoms with Gasteiger partial charge in [-0.15, -0.1) is 0 Å². The molecule has 2 aromatic carbocycles. The maximum absolute atomic E-state index is 12.8. The Bertz CT molecular complexity index is 1170. The minimum absolute atomic E-state index is 0.183. The van der Waals surface area contributed by atoms with Crippen molar-refractivity contribution in [3.8, 4) is 22.3 Å². The molecule has 0 fully saturated rings. The van der Waals surface area contributed by atoms with Gasteiger partial charge in [-0.25, -0.2) is 13.1 Å². The zero-order valence-corrected chi connectivity index (χ0v) is 16.6. The molecule has 4 rings (SSSR count). The van der Waals surface area contributed by atoms with E-state index in [0.717, 1.165) is 27.8 Å². The second kappa shape index (κ2) is 8.06. The van der Waals surface area contributed by atoms with E-state index in [9.17, 15) is 8.42 Å². The number of nitrogens with one attached hydrogen (secondary N) is 1. The Morgan fingerprint density at radius 1 is 0.821 bits per heavy atom. The predicted octanol–water partition coefficient (Wildman–Crippen LogP) is 4.96. The van der Waals surface area contributed by atoms with Crippen molar-refractivity contribution in [3.05, 3.63) is 95.4 Å². The summed E-state index contributed by atoms with van der Waals surface area (Å²) in [5.41, 5.74) is 4.71. The van der Waals surface area contributed by atoms with Gasteiger partial charge in [0.2, 0.25) is 10.0 Å². The summed E-state index contributed by atoms with van der Waals surface area (Å²) in [6.45, 7) is 0.183. The summed E-state index contributed by atoms with van der Waals surface area (Å²) < 4.78 is 28.2. The standard InChI is InChI=1S/C22H18N2O2S2/c25-28(26,22-8-4-7-19(12-22)18-5-2-1-3-6-18)24-14-17-11-21(15-23-13-17)20-9-10-27-16-20/h1-13,15-16,24H,14H2. The van der Waals surface area contributed by atoms with Crippen LogP contribution in [-0.2, 0) is 16.6 Å². The summed E-state index contributed by atoms with van der Waals surface area (Å²) in [5.74, 6) is 0. The minimum atomic E-state index is -3.63. The molecule has 2 heterocycles. The van der Waals surface area contributed by atoms with Crippen LogP contribution >= 0.6 is 11.3 Å². The summed E-state index contributed by atoms with van der Waals surface area (Å²) in [5, 5.41) is 4.05. The third-order valence-corrected chi connectivity index (χ3v) is 6.45. The van der Waals surface area contributed by atoms with Crippen LogP contribution in [0.4, 0.5) is 0 Å². The van der Waals surface area contributed by atoms with E-state index in [-0.39, 0.29) is 11.4 Å². The van der Waals surface area contributed by atoms with Gasteiger partial charge in [-0.3, -0.25) is 4.98 Å². The number of aromatic nitrogens is 1. The van der Waals surface area contributed by atoms with E-state index in [1.54, 1.807) is 41.9 Å². The zero-order chi connectivity index (χ0) is 19.4. The lowest BCUT2D eigenvalue weighted by Crippen LogP contribution is -2.23. The minimum Gasteiger partial charge on any atom is -0.264 e. The quantitative estimate of drug-likeness (QED) is 0.493. The van der Waals surface area contributed by atoms with E-state index in [1.165, 1.54) is 0 Å². The second-order valence-corrected chi connectivity index (χ2v) is 8.86. The molecule has 4 aromatic rings. The molecule has 0 radical (unpaired) electrons. The molecule has 0 saturated carbocycles. The Hall–Kier alpha value is -2.80. The topological polar surface area (TPSA) is 59.1 Å². The molecule has 0 aliphatic rings. The van der Waals surface area contributed by atoms with Crippen LogP contribution in [0.15, 0.2) is 94.8 Å². The van der Waals surface area contributed by atoms with Gasteiger partial charge >= 0.3 is 0 Å². The highest BCUT2D eigenvalue weighted by atomic mass is 32.2. The Morgan fingerprint density at radius 3 is 2.43 bits per heavy atom. The largest absolute Gasteiger partial charge is 0.264 e. The van der Waals surface area contributed by atoms with Crippen molar-refractivity contribution in [3.63, 3.8) is 0 Å². The number of rotatable bonds is 6. The second-order valence-electron chi connectivity index (χ2n) is 6.31. The number of nitrogens with zero attached hydrogens (tertiary/aromatic N) is 1. The van der Waals surface area contributed by atoms with Gasteiger partial charge < -0.3 is 0 Å². The Labute approximate surface area is 168 Å². The van der Waals surface area contributed by atoms with E-state index in [2.05, 4.69) is 9.71 Å². The molecule has 4 nitrogen and oxygen atoms in total. The smallest absolute Gasteiger partial charge is 0.240 e. The van der Waals surface area contributed by atoms with Gasteiger partial charge in [0.15, 0.2) is 0 Å². The van der Waals surface area contributed by atoms with Gasteiger partial charge in [-0.05, 0) is 57.3 Å². The number of pyridine rings is 1. The normalized spacial score (nSPS) is 11.4. The first-order valence-corrected chi connectivity index (χ1v) is 11.2. The van der Waals surface area contributed by atoms with Crippen LogP contribution in [0, 0.1) is 0 Å². The molecule has 1 N–H and O–H groups in total. The highest BCUT2D eigenvalue weighted by molar-refractivity contribution is 7.89. The maximum Gasteiger partial charge on any atom is 0.240 e. The number of hydrogen-bond donors (Lipinski definition) is 1. The molecule has 140 valence electrons. The van der Waals surface area contributed by atoms with E-state index >= 15 is 0 Å². The van der Waals surface area contributed by atoms with Crippen LogP contribution in [0.1, 0.15) is 5.56 Å². The van der Waals surface area contributed by atoms with Gasteiger partial charge in [-0.2, -0.15) is 11.3 Å². The van der Waals surface area contributed by atoms with Gasteiger partial charge in [0.1, 0.15) is 0 Å². The fraction of sp³-hybridized carbons (Fsp3) is 0.0455. The number of sulfonamides is 1. The fourth-order valence-electron chi connectivity index (χ4n) is 2.91. The Kier molecular flexibility index (Phi) is 5.34. The van der Waals surface area contributed by atoms with Crippen molar-refractivity contribution in [2.45, 2.75) is 11.4 Å². The first-order chi connectivity index (χ1) is 13.6. The first kappa shape index (κ1) is 18.6. The molecule has 0 atom stereocenters. The molecule has 0 aliphatic carbocycles. The molecule has 28 heavy (non-hydrogen) atoms. The molecule has 0 bridgehead atoms.